The van der Waals surface area contributed by atoms with E-state index < -0.39 is 10.2 Å². The van der Waals surface area contributed by atoms with E-state index in [2.05, 4.69) is 6.92 Å². The molecule has 0 aromatic carbocycles. The zero-order valence-corrected chi connectivity index (χ0v) is 12.7. The van der Waals surface area contributed by atoms with E-state index in [1.807, 2.05) is 0 Å². The molecule has 2 unspecified atom stereocenters. The SMILES string of the molecule is CCC1CN(S(=O)(=O)N2CCCCCC2)CCC1N. The minimum absolute atomic E-state index is 0.153. The Balaban J connectivity index is 2.06. The van der Waals surface area contributed by atoms with E-state index in [1.165, 1.54) is 0 Å². The quantitative estimate of drug-likeness (QED) is 0.848. The van der Waals surface area contributed by atoms with E-state index in [9.17, 15) is 8.42 Å². The summed E-state index contributed by atoms with van der Waals surface area (Å²) in [6, 6.07) is 0.153. The first-order valence-electron chi connectivity index (χ1n) is 7.56. The number of nitrogens with zero attached hydrogens (tertiary/aromatic N) is 2. The molecule has 112 valence electrons. The minimum Gasteiger partial charge on any atom is -0.327 e. The number of hydrogen-bond donors (Lipinski definition) is 1. The lowest BCUT2D eigenvalue weighted by atomic mass is 9.92. The van der Waals surface area contributed by atoms with Crippen molar-refractivity contribution in [1.82, 2.24) is 8.61 Å². The van der Waals surface area contributed by atoms with Crippen molar-refractivity contribution in [1.29, 1.82) is 0 Å². The zero-order chi connectivity index (χ0) is 13.9. The Kier molecular flexibility index (Phi) is 5.22. The van der Waals surface area contributed by atoms with Crippen LogP contribution in [0, 0.1) is 5.92 Å². The number of piperidine rings is 1. The number of rotatable bonds is 3. The molecule has 5 nitrogen and oxygen atoms in total. The van der Waals surface area contributed by atoms with Gasteiger partial charge in [0.05, 0.1) is 0 Å². The molecule has 2 saturated heterocycles. The molecule has 0 radical (unpaired) electrons. The topological polar surface area (TPSA) is 66.6 Å². The summed E-state index contributed by atoms with van der Waals surface area (Å²) in [5.74, 6) is 0.301. The van der Waals surface area contributed by atoms with Crippen LogP contribution in [0.3, 0.4) is 0 Å². The van der Waals surface area contributed by atoms with Crippen molar-refractivity contribution >= 4 is 10.2 Å². The van der Waals surface area contributed by atoms with Crippen LogP contribution in [0.1, 0.15) is 45.4 Å². The average molecular weight is 289 g/mol. The van der Waals surface area contributed by atoms with Crippen LogP contribution >= 0.6 is 0 Å². The summed E-state index contributed by atoms with van der Waals surface area (Å²) >= 11 is 0. The molecule has 2 rings (SSSR count). The molecule has 0 saturated carbocycles. The lowest BCUT2D eigenvalue weighted by Crippen LogP contribution is -2.53. The Labute approximate surface area is 117 Å². The second-order valence-electron chi connectivity index (χ2n) is 5.80. The summed E-state index contributed by atoms with van der Waals surface area (Å²) in [5.41, 5.74) is 6.06. The summed E-state index contributed by atoms with van der Waals surface area (Å²) < 4.78 is 28.7. The third-order valence-corrected chi connectivity index (χ3v) is 6.50. The van der Waals surface area contributed by atoms with Crippen LogP contribution in [0.4, 0.5) is 0 Å². The third-order valence-electron chi connectivity index (χ3n) is 4.50. The summed E-state index contributed by atoms with van der Waals surface area (Å²) in [5, 5.41) is 0. The molecule has 0 spiro atoms. The van der Waals surface area contributed by atoms with E-state index >= 15 is 0 Å². The van der Waals surface area contributed by atoms with Gasteiger partial charge in [0.15, 0.2) is 0 Å². The second-order valence-corrected chi connectivity index (χ2v) is 7.73. The van der Waals surface area contributed by atoms with E-state index in [1.54, 1.807) is 8.61 Å². The monoisotopic (exact) mass is 289 g/mol. The van der Waals surface area contributed by atoms with Gasteiger partial charge in [-0.15, -0.1) is 0 Å². The van der Waals surface area contributed by atoms with Crippen LogP contribution in [0.5, 0.6) is 0 Å². The van der Waals surface area contributed by atoms with Crippen LogP contribution in [0.2, 0.25) is 0 Å². The fourth-order valence-electron chi connectivity index (χ4n) is 3.09. The molecule has 0 aromatic rings. The Hall–Kier alpha value is -0.170. The molecular weight excluding hydrogens is 262 g/mol. The van der Waals surface area contributed by atoms with Crippen molar-refractivity contribution in [3.05, 3.63) is 0 Å². The molecule has 2 aliphatic rings. The van der Waals surface area contributed by atoms with Gasteiger partial charge in [-0.25, -0.2) is 0 Å². The Morgan fingerprint density at radius 2 is 1.68 bits per heavy atom. The average Bonchev–Trinajstić information content (AvgIpc) is 2.68. The normalized spacial score (nSPS) is 32.1. The van der Waals surface area contributed by atoms with Crippen LogP contribution in [-0.2, 0) is 10.2 Å². The minimum atomic E-state index is -3.26. The highest BCUT2D eigenvalue weighted by Crippen LogP contribution is 2.24. The van der Waals surface area contributed by atoms with Crippen LogP contribution in [0.15, 0.2) is 0 Å². The van der Waals surface area contributed by atoms with Gasteiger partial charge < -0.3 is 5.73 Å². The molecule has 19 heavy (non-hydrogen) atoms. The van der Waals surface area contributed by atoms with Crippen molar-refractivity contribution in [2.75, 3.05) is 26.2 Å². The number of nitrogens with two attached hydrogens (primary N) is 1. The standard InChI is InChI=1S/C13H27N3O2S/c1-2-12-11-16(10-7-13(12)14)19(17,18)15-8-5-3-4-6-9-15/h12-13H,2-11,14H2,1H3. The first kappa shape index (κ1) is 15.2. The van der Waals surface area contributed by atoms with Gasteiger partial charge in [-0.05, 0) is 25.2 Å². The van der Waals surface area contributed by atoms with Crippen LogP contribution < -0.4 is 5.73 Å². The highest BCUT2D eigenvalue weighted by molar-refractivity contribution is 7.86. The highest BCUT2D eigenvalue weighted by atomic mass is 32.2. The van der Waals surface area contributed by atoms with Gasteiger partial charge in [0.25, 0.3) is 10.2 Å². The molecule has 2 N–H and O–H groups in total. The molecule has 0 bridgehead atoms. The molecular formula is C13H27N3O2S. The summed E-state index contributed by atoms with van der Waals surface area (Å²) in [6.45, 7) is 4.63. The van der Waals surface area contributed by atoms with Gasteiger partial charge >= 0.3 is 0 Å². The van der Waals surface area contributed by atoms with Crippen LogP contribution in [0.25, 0.3) is 0 Å². The van der Waals surface area contributed by atoms with Gasteiger partial charge in [0.2, 0.25) is 0 Å². The Morgan fingerprint density at radius 3 is 2.26 bits per heavy atom. The lowest BCUT2D eigenvalue weighted by molar-refractivity contribution is 0.217. The summed E-state index contributed by atoms with van der Waals surface area (Å²) in [7, 11) is -3.26. The Bertz CT molecular complexity index is 377. The fraction of sp³-hybridized carbons (Fsp3) is 1.00. The van der Waals surface area contributed by atoms with Gasteiger partial charge in [-0.3, -0.25) is 0 Å². The first-order valence-corrected chi connectivity index (χ1v) is 8.96. The summed E-state index contributed by atoms with van der Waals surface area (Å²) in [6.07, 6.45) is 6.01. The maximum atomic E-state index is 12.7. The van der Waals surface area contributed by atoms with E-state index in [0.29, 0.717) is 32.1 Å². The van der Waals surface area contributed by atoms with Gasteiger partial charge in [0, 0.05) is 32.2 Å². The van der Waals surface area contributed by atoms with Gasteiger partial charge in [-0.1, -0.05) is 26.2 Å². The van der Waals surface area contributed by atoms with Crippen molar-refractivity contribution in [3.63, 3.8) is 0 Å². The van der Waals surface area contributed by atoms with Crippen molar-refractivity contribution in [3.8, 4) is 0 Å². The van der Waals surface area contributed by atoms with E-state index in [4.69, 9.17) is 5.73 Å². The van der Waals surface area contributed by atoms with E-state index in [-0.39, 0.29) is 6.04 Å². The second kappa shape index (κ2) is 6.52. The largest absolute Gasteiger partial charge is 0.327 e. The van der Waals surface area contributed by atoms with E-state index in [0.717, 1.165) is 38.5 Å². The Morgan fingerprint density at radius 1 is 1.05 bits per heavy atom. The van der Waals surface area contributed by atoms with Gasteiger partial charge in [0.1, 0.15) is 0 Å². The van der Waals surface area contributed by atoms with Crippen LogP contribution in [-0.4, -0.2) is 49.2 Å². The predicted octanol–water partition coefficient (Wildman–Crippen LogP) is 1.17. The van der Waals surface area contributed by atoms with Crippen molar-refractivity contribution in [2.45, 2.75) is 51.5 Å². The number of hydrogen-bond acceptors (Lipinski definition) is 3. The third kappa shape index (κ3) is 3.48. The molecule has 2 fully saturated rings. The molecule has 2 aliphatic heterocycles. The fourth-order valence-corrected chi connectivity index (χ4v) is 4.86. The smallest absolute Gasteiger partial charge is 0.281 e. The molecule has 2 heterocycles. The molecule has 0 amide bonds. The maximum absolute atomic E-state index is 12.7. The molecule has 2 atom stereocenters. The lowest BCUT2D eigenvalue weighted by Gasteiger charge is -2.38. The molecule has 6 heteroatoms. The first-order chi connectivity index (χ1) is 9.05. The molecule has 0 aromatic heterocycles. The zero-order valence-electron chi connectivity index (χ0n) is 11.9. The highest BCUT2D eigenvalue weighted by Gasteiger charge is 2.35. The van der Waals surface area contributed by atoms with Crippen molar-refractivity contribution in [2.24, 2.45) is 11.7 Å². The van der Waals surface area contributed by atoms with Gasteiger partial charge in [-0.2, -0.15) is 17.0 Å². The predicted molar refractivity (Wildman–Crippen MR) is 76.9 cm³/mol. The molecule has 0 aliphatic carbocycles. The maximum Gasteiger partial charge on any atom is 0.281 e. The van der Waals surface area contributed by atoms with Crippen molar-refractivity contribution < 1.29 is 8.42 Å². The summed E-state index contributed by atoms with van der Waals surface area (Å²) in [4.78, 5) is 0.